The number of nitrogens with one attached hydrogen (secondary N) is 1. The summed E-state index contributed by atoms with van der Waals surface area (Å²) in [5.74, 6) is -0.698. The molecule has 0 saturated heterocycles. The summed E-state index contributed by atoms with van der Waals surface area (Å²) in [6.45, 7) is 7.99. The van der Waals surface area contributed by atoms with Crippen molar-refractivity contribution < 1.29 is 9.90 Å². The average molecular weight is 263 g/mol. The fourth-order valence-corrected chi connectivity index (χ4v) is 2.11. The van der Waals surface area contributed by atoms with E-state index in [1.54, 1.807) is 0 Å². The maximum atomic E-state index is 11.2. The molecular formula is C16H25NO2. The molecule has 19 heavy (non-hydrogen) atoms. The smallest absolute Gasteiger partial charge is 0.320 e. The Morgan fingerprint density at radius 1 is 1.26 bits per heavy atom. The third kappa shape index (κ3) is 5.43. The van der Waals surface area contributed by atoms with Crippen molar-refractivity contribution in [1.29, 1.82) is 0 Å². The number of hydrogen-bond acceptors (Lipinski definition) is 2. The number of rotatable bonds is 7. The lowest BCUT2D eigenvalue weighted by Gasteiger charge is -2.32. The van der Waals surface area contributed by atoms with Crippen molar-refractivity contribution in [2.45, 2.75) is 52.1 Å². The van der Waals surface area contributed by atoms with Crippen LogP contribution in [0.3, 0.4) is 0 Å². The van der Waals surface area contributed by atoms with Crippen molar-refractivity contribution >= 4 is 5.97 Å². The van der Waals surface area contributed by atoms with Crippen LogP contribution in [0.25, 0.3) is 0 Å². The van der Waals surface area contributed by atoms with Gasteiger partial charge in [0.05, 0.1) is 0 Å². The average Bonchev–Trinajstić information content (AvgIpc) is 2.34. The predicted molar refractivity (Wildman–Crippen MR) is 78.2 cm³/mol. The molecule has 0 aliphatic rings. The molecule has 0 bridgehead atoms. The Labute approximate surface area is 116 Å². The Bertz CT molecular complexity index is 398. The Kier molecular flexibility index (Phi) is 5.55. The fraction of sp³-hybridized carbons (Fsp3) is 0.562. The standard InChI is InChI=1S/C16H25NO2/c1-12(2)14(15(18)19)17-16(3,4)11-10-13-8-6-5-7-9-13/h5-9,12,14,17H,10-11H2,1-4H3,(H,18,19). The highest BCUT2D eigenvalue weighted by Gasteiger charge is 2.28. The number of carbonyl (C=O) groups is 1. The molecule has 3 nitrogen and oxygen atoms in total. The first-order valence-electron chi connectivity index (χ1n) is 6.86. The van der Waals surface area contributed by atoms with Crippen LogP contribution in [0.5, 0.6) is 0 Å². The van der Waals surface area contributed by atoms with Gasteiger partial charge in [0.1, 0.15) is 6.04 Å². The largest absolute Gasteiger partial charge is 0.480 e. The number of benzene rings is 1. The van der Waals surface area contributed by atoms with E-state index >= 15 is 0 Å². The molecule has 0 amide bonds. The second kappa shape index (κ2) is 6.71. The minimum absolute atomic E-state index is 0.0773. The summed E-state index contributed by atoms with van der Waals surface area (Å²) >= 11 is 0. The number of carboxylic acids is 1. The first-order chi connectivity index (χ1) is 8.82. The highest BCUT2D eigenvalue weighted by atomic mass is 16.4. The SMILES string of the molecule is CC(C)C(NC(C)(C)CCc1ccccc1)C(=O)O. The maximum absolute atomic E-state index is 11.2. The van der Waals surface area contributed by atoms with Crippen molar-refractivity contribution in [2.75, 3.05) is 0 Å². The summed E-state index contributed by atoms with van der Waals surface area (Å²) in [6.07, 6.45) is 1.86. The van der Waals surface area contributed by atoms with Crippen LogP contribution in [0.2, 0.25) is 0 Å². The second-order valence-electron chi connectivity index (χ2n) is 6.07. The lowest BCUT2D eigenvalue weighted by atomic mass is 9.92. The molecule has 0 aliphatic heterocycles. The van der Waals surface area contributed by atoms with Crippen LogP contribution in [-0.2, 0) is 11.2 Å². The fourth-order valence-electron chi connectivity index (χ4n) is 2.11. The zero-order valence-corrected chi connectivity index (χ0v) is 12.3. The van der Waals surface area contributed by atoms with Crippen LogP contribution in [0.4, 0.5) is 0 Å². The second-order valence-corrected chi connectivity index (χ2v) is 6.07. The predicted octanol–water partition coefficient (Wildman–Crippen LogP) is 3.10. The normalized spacial score (nSPS) is 13.5. The molecule has 0 aliphatic carbocycles. The zero-order valence-electron chi connectivity index (χ0n) is 12.3. The molecule has 0 aromatic heterocycles. The molecule has 1 aromatic carbocycles. The van der Waals surface area contributed by atoms with Crippen LogP contribution in [0.1, 0.15) is 39.7 Å². The van der Waals surface area contributed by atoms with Gasteiger partial charge in [-0.3, -0.25) is 10.1 Å². The zero-order chi connectivity index (χ0) is 14.5. The van der Waals surface area contributed by atoms with Crippen molar-refractivity contribution in [1.82, 2.24) is 5.32 Å². The highest BCUT2D eigenvalue weighted by molar-refractivity contribution is 5.73. The first kappa shape index (κ1) is 15.7. The minimum atomic E-state index is -0.775. The summed E-state index contributed by atoms with van der Waals surface area (Å²) in [5, 5.41) is 12.5. The van der Waals surface area contributed by atoms with Gasteiger partial charge in [0.25, 0.3) is 0 Å². The third-order valence-electron chi connectivity index (χ3n) is 3.36. The summed E-state index contributed by atoms with van der Waals surface area (Å²) in [5.41, 5.74) is 1.09. The van der Waals surface area contributed by atoms with E-state index in [2.05, 4.69) is 31.3 Å². The van der Waals surface area contributed by atoms with E-state index in [9.17, 15) is 9.90 Å². The lowest BCUT2D eigenvalue weighted by Crippen LogP contribution is -2.52. The molecule has 0 radical (unpaired) electrons. The van der Waals surface area contributed by atoms with E-state index in [4.69, 9.17) is 0 Å². The molecule has 0 spiro atoms. The van der Waals surface area contributed by atoms with Gasteiger partial charge in [-0.15, -0.1) is 0 Å². The molecule has 106 valence electrons. The monoisotopic (exact) mass is 263 g/mol. The van der Waals surface area contributed by atoms with E-state index < -0.39 is 12.0 Å². The topological polar surface area (TPSA) is 49.3 Å². The van der Waals surface area contributed by atoms with Crippen LogP contribution < -0.4 is 5.32 Å². The summed E-state index contributed by atoms with van der Waals surface area (Å²) < 4.78 is 0. The van der Waals surface area contributed by atoms with Crippen molar-refractivity contribution in [3.63, 3.8) is 0 Å². The molecule has 0 heterocycles. The van der Waals surface area contributed by atoms with Gasteiger partial charge in [0.2, 0.25) is 0 Å². The summed E-state index contributed by atoms with van der Waals surface area (Å²) in [7, 11) is 0. The van der Waals surface area contributed by atoms with Crippen LogP contribution in [0.15, 0.2) is 30.3 Å². The number of carboxylic acid groups (broad SMARTS) is 1. The maximum Gasteiger partial charge on any atom is 0.320 e. The number of aryl methyl sites for hydroxylation is 1. The molecule has 2 N–H and O–H groups in total. The van der Waals surface area contributed by atoms with Gasteiger partial charge in [-0.25, -0.2) is 0 Å². The summed E-state index contributed by atoms with van der Waals surface area (Å²) in [6, 6.07) is 9.78. The van der Waals surface area contributed by atoms with Gasteiger partial charge < -0.3 is 5.11 Å². The van der Waals surface area contributed by atoms with Gasteiger partial charge in [-0.2, -0.15) is 0 Å². The Balaban J connectivity index is 2.58. The van der Waals surface area contributed by atoms with Gasteiger partial charge >= 0.3 is 5.97 Å². The Hall–Kier alpha value is -1.35. The van der Waals surface area contributed by atoms with E-state index in [0.29, 0.717) is 0 Å². The summed E-state index contributed by atoms with van der Waals surface area (Å²) in [4.78, 5) is 11.2. The Morgan fingerprint density at radius 2 is 1.84 bits per heavy atom. The van der Waals surface area contributed by atoms with Crippen molar-refractivity contribution in [3.05, 3.63) is 35.9 Å². The molecule has 0 fully saturated rings. The van der Waals surface area contributed by atoms with Crippen molar-refractivity contribution in [3.8, 4) is 0 Å². The molecule has 1 aromatic rings. The van der Waals surface area contributed by atoms with Crippen LogP contribution >= 0.6 is 0 Å². The van der Waals surface area contributed by atoms with Gasteiger partial charge in [-0.1, -0.05) is 44.2 Å². The van der Waals surface area contributed by atoms with Crippen molar-refractivity contribution in [2.24, 2.45) is 5.92 Å². The minimum Gasteiger partial charge on any atom is -0.480 e. The molecular weight excluding hydrogens is 238 g/mol. The number of hydrogen-bond donors (Lipinski definition) is 2. The van der Waals surface area contributed by atoms with Crippen LogP contribution in [-0.4, -0.2) is 22.7 Å². The van der Waals surface area contributed by atoms with E-state index in [0.717, 1.165) is 12.8 Å². The van der Waals surface area contributed by atoms with E-state index in [1.165, 1.54) is 5.56 Å². The van der Waals surface area contributed by atoms with Crippen LogP contribution in [0, 0.1) is 5.92 Å². The molecule has 1 rings (SSSR count). The highest BCUT2D eigenvalue weighted by Crippen LogP contribution is 2.16. The molecule has 3 heteroatoms. The van der Waals surface area contributed by atoms with Gasteiger partial charge in [0.15, 0.2) is 0 Å². The molecule has 0 saturated carbocycles. The third-order valence-corrected chi connectivity index (χ3v) is 3.36. The molecule has 1 atom stereocenters. The van der Waals surface area contributed by atoms with E-state index in [-0.39, 0.29) is 11.5 Å². The first-order valence-corrected chi connectivity index (χ1v) is 6.86. The van der Waals surface area contributed by atoms with Gasteiger partial charge in [-0.05, 0) is 38.2 Å². The lowest BCUT2D eigenvalue weighted by molar-refractivity contribution is -0.141. The molecule has 1 unspecified atom stereocenters. The number of aliphatic carboxylic acids is 1. The Morgan fingerprint density at radius 3 is 2.32 bits per heavy atom. The van der Waals surface area contributed by atoms with Gasteiger partial charge in [0, 0.05) is 5.54 Å². The quantitative estimate of drug-likeness (QED) is 0.794. The van der Waals surface area contributed by atoms with E-state index in [1.807, 2.05) is 32.0 Å².